The first kappa shape index (κ1) is 21.6. The van der Waals surface area contributed by atoms with E-state index >= 15 is 0 Å². The molecule has 1 saturated heterocycles. The van der Waals surface area contributed by atoms with Gasteiger partial charge in [0.2, 0.25) is 10.0 Å². The molecule has 0 saturated carbocycles. The summed E-state index contributed by atoms with van der Waals surface area (Å²) < 4.78 is 43.0. The van der Waals surface area contributed by atoms with E-state index in [4.69, 9.17) is 4.74 Å². The Bertz CT molecular complexity index is 1020. The normalized spacial score (nSPS) is 14.3. The van der Waals surface area contributed by atoms with Crippen molar-refractivity contribution in [2.45, 2.75) is 0 Å². The molecule has 3 rings (SSSR count). The van der Waals surface area contributed by atoms with Crippen molar-refractivity contribution >= 4 is 33.3 Å². The Morgan fingerprint density at radius 2 is 1.73 bits per heavy atom. The minimum Gasteiger partial charge on any atom is -0.452 e. The molecule has 10 heteroatoms. The standard InChI is InChI=1S/C20H22FN3O5S/c1-30(27,28)22-17-4-2-3-15(13-17)20(26)29-14-19(25)24-11-9-23(10-12-24)18-7-5-16(21)6-8-18/h2-8,13,22H,9-12,14H2,1H3. The van der Waals surface area contributed by atoms with Gasteiger partial charge >= 0.3 is 5.97 Å². The SMILES string of the molecule is CS(=O)(=O)Nc1cccc(C(=O)OCC(=O)N2CCN(c3ccc(F)cc3)CC2)c1. The molecule has 0 spiro atoms. The molecule has 2 aromatic carbocycles. The van der Waals surface area contributed by atoms with Crippen molar-refractivity contribution in [3.05, 3.63) is 59.9 Å². The molecule has 1 fully saturated rings. The lowest BCUT2D eigenvalue weighted by atomic mass is 10.2. The van der Waals surface area contributed by atoms with Crippen LogP contribution >= 0.6 is 0 Å². The highest BCUT2D eigenvalue weighted by Crippen LogP contribution is 2.17. The van der Waals surface area contributed by atoms with E-state index in [1.165, 1.54) is 36.4 Å². The number of halogens is 1. The number of amides is 1. The maximum absolute atomic E-state index is 13.0. The van der Waals surface area contributed by atoms with Crippen LogP contribution in [0.15, 0.2) is 48.5 Å². The van der Waals surface area contributed by atoms with Crippen molar-refractivity contribution in [1.82, 2.24) is 4.90 Å². The van der Waals surface area contributed by atoms with Crippen LogP contribution in [0.3, 0.4) is 0 Å². The molecule has 0 radical (unpaired) electrons. The van der Waals surface area contributed by atoms with E-state index in [0.717, 1.165) is 11.9 Å². The van der Waals surface area contributed by atoms with Crippen LogP contribution in [0.25, 0.3) is 0 Å². The van der Waals surface area contributed by atoms with Gasteiger partial charge in [-0.2, -0.15) is 0 Å². The van der Waals surface area contributed by atoms with Crippen molar-refractivity contribution in [3.63, 3.8) is 0 Å². The smallest absolute Gasteiger partial charge is 0.338 e. The number of esters is 1. The zero-order valence-corrected chi connectivity index (χ0v) is 17.2. The number of ether oxygens (including phenoxy) is 1. The number of carbonyl (C=O) groups is 2. The average molecular weight is 435 g/mol. The van der Waals surface area contributed by atoms with E-state index in [2.05, 4.69) is 9.62 Å². The molecule has 8 nitrogen and oxygen atoms in total. The Labute approximate surface area is 174 Å². The Kier molecular flexibility index (Phi) is 6.56. The van der Waals surface area contributed by atoms with Crippen LogP contribution in [-0.4, -0.2) is 64.2 Å². The summed E-state index contributed by atoms with van der Waals surface area (Å²) in [7, 11) is -3.47. The fraction of sp³-hybridized carbons (Fsp3) is 0.300. The number of benzene rings is 2. The van der Waals surface area contributed by atoms with Gasteiger partial charge in [-0.15, -0.1) is 0 Å². The van der Waals surface area contributed by atoms with Gasteiger partial charge in [0.15, 0.2) is 6.61 Å². The van der Waals surface area contributed by atoms with Gasteiger partial charge in [-0.1, -0.05) is 6.07 Å². The van der Waals surface area contributed by atoms with Crippen LogP contribution in [0.1, 0.15) is 10.4 Å². The molecule has 0 bridgehead atoms. The first-order chi connectivity index (χ1) is 14.2. The molecule has 1 aliphatic rings. The lowest BCUT2D eigenvalue weighted by Gasteiger charge is -2.36. The average Bonchev–Trinajstić information content (AvgIpc) is 2.71. The van der Waals surface area contributed by atoms with Gasteiger partial charge in [0.25, 0.3) is 5.91 Å². The Morgan fingerprint density at radius 1 is 1.07 bits per heavy atom. The van der Waals surface area contributed by atoms with Gasteiger partial charge in [0, 0.05) is 37.6 Å². The number of rotatable bonds is 6. The molecule has 0 unspecified atom stereocenters. The second-order valence-electron chi connectivity index (χ2n) is 6.88. The summed E-state index contributed by atoms with van der Waals surface area (Å²) in [4.78, 5) is 28.2. The van der Waals surface area contributed by atoms with Crippen molar-refractivity contribution < 1.29 is 27.1 Å². The predicted octanol–water partition coefficient (Wildman–Crippen LogP) is 1.70. The maximum Gasteiger partial charge on any atom is 0.338 e. The van der Waals surface area contributed by atoms with E-state index in [0.29, 0.717) is 26.2 Å². The minimum atomic E-state index is -3.47. The summed E-state index contributed by atoms with van der Waals surface area (Å²) in [5.74, 6) is -1.33. The number of anilines is 2. The molecule has 2 aromatic rings. The Balaban J connectivity index is 1.49. The number of nitrogens with one attached hydrogen (secondary N) is 1. The number of hydrogen-bond donors (Lipinski definition) is 1. The first-order valence-electron chi connectivity index (χ1n) is 9.24. The summed E-state index contributed by atoms with van der Waals surface area (Å²) in [5.41, 5.74) is 1.25. The predicted molar refractivity (Wildman–Crippen MR) is 110 cm³/mol. The van der Waals surface area contributed by atoms with Crippen molar-refractivity contribution in [2.75, 3.05) is 48.7 Å². The molecular weight excluding hydrogens is 413 g/mol. The third-order valence-corrected chi connectivity index (χ3v) is 5.16. The monoisotopic (exact) mass is 435 g/mol. The van der Waals surface area contributed by atoms with Gasteiger partial charge in [0.05, 0.1) is 11.8 Å². The van der Waals surface area contributed by atoms with E-state index in [9.17, 15) is 22.4 Å². The number of nitrogens with zero attached hydrogens (tertiary/aromatic N) is 2. The lowest BCUT2D eigenvalue weighted by Crippen LogP contribution is -2.49. The van der Waals surface area contributed by atoms with Gasteiger partial charge in [-0.3, -0.25) is 9.52 Å². The fourth-order valence-electron chi connectivity index (χ4n) is 3.09. The fourth-order valence-corrected chi connectivity index (χ4v) is 3.65. The van der Waals surface area contributed by atoms with E-state index in [1.54, 1.807) is 17.0 Å². The molecule has 30 heavy (non-hydrogen) atoms. The molecule has 1 aliphatic heterocycles. The van der Waals surface area contributed by atoms with Gasteiger partial charge in [0.1, 0.15) is 5.82 Å². The topological polar surface area (TPSA) is 96.0 Å². The van der Waals surface area contributed by atoms with Crippen LogP contribution in [0.5, 0.6) is 0 Å². The molecule has 0 aromatic heterocycles. The molecule has 160 valence electrons. The highest BCUT2D eigenvalue weighted by Gasteiger charge is 2.22. The molecule has 1 heterocycles. The second kappa shape index (κ2) is 9.12. The summed E-state index contributed by atoms with van der Waals surface area (Å²) >= 11 is 0. The van der Waals surface area contributed by atoms with Crippen LogP contribution in [-0.2, 0) is 19.6 Å². The van der Waals surface area contributed by atoms with Crippen molar-refractivity contribution in [1.29, 1.82) is 0 Å². The van der Waals surface area contributed by atoms with Crippen LogP contribution in [0, 0.1) is 5.82 Å². The highest BCUT2D eigenvalue weighted by molar-refractivity contribution is 7.92. The number of hydrogen-bond acceptors (Lipinski definition) is 6. The molecule has 1 amide bonds. The number of sulfonamides is 1. The van der Waals surface area contributed by atoms with Crippen LogP contribution in [0.2, 0.25) is 0 Å². The lowest BCUT2D eigenvalue weighted by molar-refractivity contribution is -0.134. The van der Waals surface area contributed by atoms with Gasteiger partial charge in [-0.25, -0.2) is 17.6 Å². The second-order valence-corrected chi connectivity index (χ2v) is 8.62. The van der Waals surface area contributed by atoms with E-state index < -0.39 is 22.6 Å². The quantitative estimate of drug-likeness (QED) is 0.694. The Hall–Kier alpha value is -3.14. The summed E-state index contributed by atoms with van der Waals surface area (Å²) in [5, 5.41) is 0. The third kappa shape index (κ3) is 5.93. The van der Waals surface area contributed by atoms with Crippen molar-refractivity contribution in [3.8, 4) is 0 Å². The zero-order chi connectivity index (χ0) is 21.7. The molecule has 0 atom stereocenters. The maximum atomic E-state index is 13.0. The van der Waals surface area contributed by atoms with Crippen LogP contribution in [0.4, 0.5) is 15.8 Å². The Morgan fingerprint density at radius 3 is 2.37 bits per heavy atom. The largest absolute Gasteiger partial charge is 0.452 e. The summed E-state index contributed by atoms with van der Waals surface area (Å²) in [6, 6.07) is 12.0. The number of carbonyl (C=O) groups excluding carboxylic acids is 2. The minimum absolute atomic E-state index is 0.137. The third-order valence-electron chi connectivity index (χ3n) is 4.55. The van der Waals surface area contributed by atoms with Gasteiger partial charge in [-0.05, 0) is 42.5 Å². The van der Waals surface area contributed by atoms with Crippen molar-refractivity contribution in [2.24, 2.45) is 0 Å². The van der Waals surface area contributed by atoms with Gasteiger partial charge < -0.3 is 14.5 Å². The van der Waals surface area contributed by atoms with Crippen LogP contribution < -0.4 is 9.62 Å². The zero-order valence-electron chi connectivity index (χ0n) is 16.4. The highest BCUT2D eigenvalue weighted by atomic mass is 32.2. The molecule has 1 N–H and O–H groups in total. The summed E-state index contributed by atoms with van der Waals surface area (Å²) in [6.07, 6.45) is 1.01. The molecular formula is C20H22FN3O5S. The van der Waals surface area contributed by atoms with E-state index in [-0.39, 0.29) is 23.0 Å². The molecule has 0 aliphatic carbocycles. The van der Waals surface area contributed by atoms with E-state index in [1.807, 2.05) is 0 Å². The number of piperazine rings is 1. The summed E-state index contributed by atoms with van der Waals surface area (Å²) in [6.45, 7) is 1.69. The first-order valence-corrected chi connectivity index (χ1v) is 11.1.